The summed E-state index contributed by atoms with van der Waals surface area (Å²) < 4.78 is 11.1. The van der Waals surface area contributed by atoms with E-state index in [9.17, 15) is 4.79 Å². The van der Waals surface area contributed by atoms with Gasteiger partial charge in [0.05, 0.1) is 16.8 Å². The zero-order valence-corrected chi connectivity index (χ0v) is 12.0. The molecule has 18 heavy (non-hydrogen) atoms. The second-order valence-corrected chi connectivity index (χ2v) is 4.56. The molecule has 1 atom stereocenters. The molecule has 1 rings (SSSR count). The number of benzene rings is 1. The molecule has 0 aliphatic heterocycles. The van der Waals surface area contributed by atoms with Crippen molar-refractivity contribution in [2.24, 2.45) is 0 Å². The molecule has 0 aliphatic carbocycles. The van der Waals surface area contributed by atoms with Crippen LogP contribution in [-0.2, 0) is 9.53 Å². The Bertz CT molecular complexity index is 392. The van der Waals surface area contributed by atoms with Gasteiger partial charge in [-0.2, -0.15) is 0 Å². The van der Waals surface area contributed by atoms with Crippen molar-refractivity contribution in [2.45, 2.75) is 13.0 Å². The Morgan fingerprint density at radius 2 is 2.28 bits per heavy atom. The lowest BCUT2D eigenvalue weighted by atomic mass is 10.3. The molecule has 1 amide bonds. The van der Waals surface area contributed by atoms with Gasteiger partial charge in [0.25, 0.3) is 5.91 Å². The van der Waals surface area contributed by atoms with Crippen molar-refractivity contribution in [2.75, 3.05) is 26.0 Å². The first-order valence-corrected chi connectivity index (χ1v) is 6.33. The van der Waals surface area contributed by atoms with Crippen LogP contribution in [0.2, 0.25) is 0 Å². The Kier molecular flexibility index (Phi) is 5.94. The Hall–Kier alpha value is -1.27. The van der Waals surface area contributed by atoms with Gasteiger partial charge in [-0.15, -0.1) is 0 Å². The number of methoxy groups -OCH3 is 1. The molecule has 6 heteroatoms. The van der Waals surface area contributed by atoms with Crippen molar-refractivity contribution in [1.29, 1.82) is 0 Å². The van der Waals surface area contributed by atoms with E-state index in [0.717, 1.165) is 4.47 Å². The average molecular weight is 317 g/mol. The summed E-state index contributed by atoms with van der Waals surface area (Å²) in [4.78, 5) is 11.7. The third-order valence-corrected chi connectivity index (χ3v) is 2.89. The first-order valence-electron chi connectivity index (χ1n) is 5.53. The molecule has 0 spiro atoms. The largest absolute Gasteiger partial charge is 0.478 e. The number of nitrogens with one attached hydrogen (secondary N) is 1. The minimum Gasteiger partial charge on any atom is -0.478 e. The molecule has 1 unspecified atom stereocenters. The molecule has 1 aromatic rings. The van der Waals surface area contributed by atoms with Gasteiger partial charge in [0.15, 0.2) is 11.9 Å². The van der Waals surface area contributed by atoms with Crippen molar-refractivity contribution >= 4 is 27.5 Å². The molecule has 0 bridgehead atoms. The third-order valence-electron chi connectivity index (χ3n) is 2.27. The first kappa shape index (κ1) is 14.8. The standard InChI is InChI=1S/C12H17BrN2O3/c1-8(12(16)15-6-7-17-2)18-11-9(13)4-3-5-10(11)14/h3-5,8H,6-7,14H2,1-2H3,(H,15,16). The van der Waals surface area contributed by atoms with Crippen LogP contribution >= 0.6 is 15.9 Å². The van der Waals surface area contributed by atoms with Crippen molar-refractivity contribution in [3.63, 3.8) is 0 Å². The first-order chi connectivity index (χ1) is 8.56. The van der Waals surface area contributed by atoms with Crippen molar-refractivity contribution in [1.82, 2.24) is 5.32 Å². The highest BCUT2D eigenvalue weighted by Crippen LogP contribution is 2.31. The van der Waals surface area contributed by atoms with E-state index in [1.165, 1.54) is 0 Å². The molecule has 0 fully saturated rings. The van der Waals surface area contributed by atoms with Crippen LogP contribution in [0.25, 0.3) is 0 Å². The van der Waals surface area contributed by atoms with E-state index < -0.39 is 6.10 Å². The summed E-state index contributed by atoms with van der Waals surface area (Å²) in [5.74, 6) is 0.272. The van der Waals surface area contributed by atoms with E-state index >= 15 is 0 Å². The monoisotopic (exact) mass is 316 g/mol. The predicted molar refractivity (Wildman–Crippen MR) is 73.5 cm³/mol. The van der Waals surface area contributed by atoms with Crippen LogP contribution in [0, 0.1) is 0 Å². The summed E-state index contributed by atoms with van der Waals surface area (Å²) >= 11 is 3.33. The number of hydrogen-bond donors (Lipinski definition) is 2. The number of anilines is 1. The number of nitrogens with two attached hydrogens (primary N) is 1. The van der Waals surface area contributed by atoms with E-state index in [2.05, 4.69) is 21.2 Å². The van der Waals surface area contributed by atoms with Gasteiger partial charge in [-0.1, -0.05) is 6.07 Å². The van der Waals surface area contributed by atoms with E-state index in [0.29, 0.717) is 24.6 Å². The Labute approximate surface area is 115 Å². The highest BCUT2D eigenvalue weighted by Gasteiger charge is 2.16. The minimum atomic E-state index is -0.622. The molecular weight excluding hydrogens is 300 g/mol. The van der Waals surface area contributed by atoms with Crippen molar-refractivity contribution in [3.05, 3.63) is 22.7 Å². The summed E-state index contributed by atoms with van der Waals surface area (Å²) in [6, 6.07) is 5.33. The van der Waals surface area contributed by atoms with E-state index in [4.69, 9.17) is 15.2 Å². The lowest BCUT2D eigenvalue weighted by Crippen LogP contribution is -2.38. The average Bonchev–Trinajstić information content (AvgIpc) is 2.34. The number of ether oxygens (including phenoxy) is 2. The number of rotatable bonds is 6. The molecular formula is C12H17BrN2O3. The predicted octanol–water partition coefficient (Wildman–Crippen LogP) is 1.56. The highest BCUT2D eigenvalue weighted by molar-refractivity contribution is 9.10. The molecule has 0 heterocycles. The number of hydrogen-bond acceptors (Lipinski definition) is 4. The second-order valence-electron chi connectivity index (χ2n) is 3.70. The number of amides is 1. The Balaban J connectivity index is 2.58. The van der Waals surface area contributed by atoms with Crippen LogP contribution in [0.3, 0.4) is 0 Å². The maximum absolute atomic E-state index is 11.7. The summed E-state index contributed by atoms with van der Waals surface area (Å²) in [5.41, 5.74) is 6.27. The second kappa shape index (κ2) is 7.23. The van der Waals surface area contributed by atoms with Crippen LogP contribution in [0.15, 0.2) is 22.7 Å². The fourth-order valence-corrected chi connectivity index (χ4v) is 1.78. The van der Waals surface area contributed by atoms with Gasteiger partial charge in [-0.3, -0.25) is 4.79 Å². The van der Waals surface area contributed by atoms with Gasteiger partial charge in [0.1, 0.15) is 0 Å². The third kappa shape index (κ3) is 4.19. The summed E-state index contributed by atoms with van der Waals surface area (Å²) in [5, 5.41) is 2.70. The van der Waals surface area contributed by atoms with Crippen LogP contribution in [0.1, 0.15) is 6.92 Å². The number of para-hydroxylation sites is 1. The molecule has 3 N–H and O–H groups in total. The van der Waals surface area contributed by atoms with Gasteiger partial charge in [0.2, 0.25) is 0 Å². The fraction of sp³-hybridized carbons (Fsp3) is 0.417. The van der Waals surface area contributed by atoms with E-state index in [1.807, 2.05) is 0 Å². The van der Waals surface area contributed by atoms with Crippen molar-refractivity contribution < 1.29 is 14.3 Å². The lowest BCUT2D eigenvalue weighted by Gasteiger charge is -2.17. The van der Waals surface area contributed by atoms with Crippen molar-refractivity contribution in [3.8, 4) is 5.75 Å². The van der Waals surface area contributed by atoms with Crippen LogP contribution in [-0.4, -0.2) is 32.3 Å². The van der Waals surface area contributed by atoms with Gasteiger partial charge in [-0.05, 0) is 35.0 Å². The fourth-order valence-electron chi connectivity index (χ4n) is 1.30. The highest BCUT2D eigenvalue weighted by atomic mass is 79.9. The molecule has 5 nitrogen and oxygen atoms in total. The summed E-state index contributed by atoms with van der Waals surface area (Å²) in [6.45, 7) is 2.59. The van der Waals surface area contributed by atoms with E-state index in [-0.39, 0.29) is 5.91 Å². The zero-order valence-electron chi connectivity index (χ0n) is 10.4. The van der Waals surface area contributed by atoms with Gasteiger partial charge >= 0.3 is 0 Å². The topological polar surface area (TPSA) is 73.6 Å². The number of carbonyl (C=O) groups is 1. The van der Waals surface area contributed by atoms with Gasteiger partial charge < -0.3 is 20.5 Å². The maximum Gasteiger partial charge on any atom is 0.260 e. The maximum atomic E-state index is 11.7. The molecule has 100 valence electrons. The smallest absolute Gasteiger partial charge is 0.260 e. The van der Waals surface area contributed by atoms with Gasteiger partial charge in [-0.25, -0.2) is 0 Å². The lowest BCUT2D eigenvalue weighted by molar-refractivity contribution is -0.127. The minimum absolute atomic E-state index is 0.206. The molecule has 0 saturated heterocycles. The summed E-state index contributed by atoms with van der Waals surface area (Å²) in [6.07, 6.45) is -0.622. The zero-order chi connectivity index (χ0) is 13.5. The molecule has 0 aromatic heterocycles. The molecule has 1 aromatic carbocycles. The van der Waals surface area contributed by atoms with Crippen LogP contribution < -0.4 is 15.8 Å². The molecule has 0 saturated carbocycles. The van der Waals surface area contributed by atoms with Crippen LogP contribution in [0.5, 0.6) is 5.75 Å². The van der Waals surface area contributed by atoms with Crippen LogP contribution in [0.4, 0.5) is 5.69 Å². The van der Waals surface area contributed by atoms with E-state index in [1.54, 1.807) is 32.2 Å². The molecule has 0 radical (unpaired) electrons. The normalized spacial score (nSPS) is 11.9. The quantitative estimate of drug-likeness (QED) is 0.617. The molecule has 0 aliphatic rings. The Morgan fingerprint density at radius 1 is 1.56 bits per heavy atom. The number of nitrogen functional groups attached to an aromatic ring is 1. The number of halogens is 1. The van der Waals surface area contributed by atoms with Gasteiger partial charge in [0, 0.05) is 13.7 Å². The summed E-state index contributed by atoms with van der Waals surface area (Å²) in [7, 11) is 1.58. The number of carbonyl (C=O) groups excluding carboxylic acids is 1. The SMILES string of the molecule is COCCNC(=O)C(C)Oc1c(N)cccc1Br. The Morgan fingerprint density at radius 3 is 2.89 bits per heavy atom.